The Morgan fingerprint density at radius 3 is 0.968 bits per heavy atom. The molecule has 0 amide bonds. The van der Waals surface area contributed by atoms with Crippen molar-refractivity contribution >= 4 is 46.4 Å². The normalized spacial score (nSPS) is 14.5. The van der Waals surface area contributed by atoms with E-state index in [0.717, 1.165) is 24.3 Å². The van der Waals surface area contributed by atoms with E-state index in [9.17, 15) is 43.9 Å². The second kappa shape index (κ2) is 14.2. The molecule has 2 aliphatic rings. The van der Waals surface area contributed by atoms with E-state index in [4.69, 9.17) is 0 Å². The summed E-state index contributed by atoms with van der Waals surface area (Å²) < 4.78 is 264. The van der Waals surface area contributed by atoms with Gasteiger partial charge in [0.25, 0.3) is 0 Å². The van der Waals surface area contributed by atoms with E-state index in [1.54, 1.807) is 0 Å². The van der Waals surface area contributed by atoms with E-state index < -0.39 is 115 Å². The van der Waals surface area contributed by atoms with Gasteiger partial charge in [0.15, 0.2) is 0 Å². The summed E-state index contributed by atoms with van der Waals surface area (Å²) in [5, 5.41) is 0. The van der Waals surface area contributed by atoms with E-state index in [2.05, 4.69) is 19.9 Å². The zero-order chi connectivity index (χ0) is 45.6. The highest BCUT2D eigenvalue weighted by atomic mass is 19.4. The summed E-state index contributed by atoms with van der Waals surface area (Å²) >= 11 is 0. The number of aromatic amines is 2. The van der Waals surface area contributed by atoms with Crippen LogP contribution in [0.5, 0.6) is 0 Å². The van der Waals surface area contributed by atoms with Crippen molar-refractivity contribution in [2.75, 3.05) is 0 Å². The van der Waals surface area contributed by atoms with Gasteiger partial charge in [-0.3, -0.25) is 0 Å². The van der Waals surface area contributed by atoms with Crippen molar-refractivity contribution in [2.24, 2.45) is 0 Å². The number of nitrogens with zero attached hydrogens (tertiary/aromatic N) is 2. The molecule has 7 rings (SSSR count). The number of benzene rings is 2. The lowest BCUT2D eigenvalue weighted by Crippen LogP contribution is -2.59. The van der Waals surface area contributed by atoms with Gasteiger partial charge in [0.2, 0.25) is 0 Å². The monoisotopic (exact) mass is 898 g/mol. The first-order chi connectivity index (χ1) is 28.6. The number of hydrogen-bond acceptors (Lipinski definition) is 2. The smallest absolute Gasteiger partial charge is 0.354 e. The number of rotatable bonds is 8. The lowest BCUT2D eigenvalue weighted by molar-refractivity contribution is -0.399. The molecule has 8 bridgehead atoms. The SMILES string of the molecule is FC(F)(F)C(F)(F)C(F)(F)C(F)(F)c1c2nc(c(-c3ccccc3)c3ccc([nH]3)c(C(F)(F)C(F)(F)C(F)(F)C(F)(F)F)c3ccc([nH]3)c(-c3ccccc3)c3nc1C=C3)C=C2. The summed E-state index contributed by atoms with van der Waals surface area (Å²) in [4.78, 5) is 12.1. The zero-order valence-corrected chi connectivity index (χ0v) is 30.1. The molecule has 4 nitrogen and oxygen atoms in total. The van der Waals surface area contributed by atoms with Crippen molar-refractivity contribution in [3.63, 3.8) is 0 Å². The van der Waals surface area contributed by atoms with Crippen LogP contribution in [0.1, 0.15) is 33.9 Å². The van der Waals surface area contributed by atoms with Crippen LogP contribution >= 0.6 is 0 Å². The minimum absolute atomic E-state index is 0.0888. The molecule has 326 valence electrons. The molecule has 5 aromatic rings. The van der Waals surface area contributed by atoms with Crippen LogP contribution in [0.2, 0.25) is 0 Å². The van der Waals surface area contributed by atoms with Gasteiger partial charge in [-0.2, -0.15) is 79.0 Å². The fourth-order valence-electron chi connectivity index (χ4n) is 6.75. The Labute approximate surface area is 334 Å². The van der Waals surface area contributed by atoms with Crippen molar-refractivity contribution in [1.82, 2.24) is 19.9 Å². The maximum atomic E-state index is 16.2. The Balaban J connectivity index is 1.72. The Morgan fingerprint density at radius 1 is 0.323 bits per heavy atom. The molecule has 5 heterocycles. The summed E-state index contributed by atoms with van der Waals surface area (Å²) in [6.45, 7) is 0. The van der Waals surface area contributed by atoms with Crippen LogP contribution < -0.4 is 0 Å². The van der Waals surface area contributed by atoms with E-state index in [0.29, 0.717) is 24.3 Å². The van der Waals surface area contributed by atoms with Crippen molar-refractivity contribution in [1.29, 1.82) is 0 Å². The molecular weight excluding hydrogens is 878 g/mol. The van der Waals surface area contributed by atoms with Crippen LogP contribution in [0.25, 0.3) is 68.6 Å². The zero-order valence-electron chi connectivity index (χ0n) is 30.1. The molecule has 0 saturated heterocycles. The molecule has 2 N–H and O–H groups in total. The topological polar surface area (TPSA) is 57.4 Å². The third-order valence-corrected chi connectivity index (χ3v) is 9.80. The molecule has 62 heavy (non-hydrogen) atoms. The number of aromatic nitrogens is 4. The van der Waals surface area contributed by atoms with Crippen LogP contribution in [0.3, 0.4) is 0 Å². The quantitative estimate of drug-likeness (QED) is 0.149. The third kappa shape index (κ3) is 6.50. The van der Waals surface area contributed by atoms with Gasteiger partial charge in [0.05, 0.1) is 44.9 Å². The van der Waals surface area contributed by atoms with E-state index >= 15 is 35.1 Å². The van der Waals surface area contributed by atoms with Gasteiger partial charge < -0.3 is 9.97 Å². The standard InChI is InChI=1S/C40H20F18N4/c41-33(42,35(45,46)37(49,50)39(53,54)55)31-25-15-11-21(59-25)29(19-7-3-1-4-8-19)22-12-16-26(60-22)32(34(43,44)36(47,48)38(51,52)40(56,57)58)28-18-14-24(62-28)30(20-9-5-2-6-10-20)23-13-17-27(31)61-23/h1-18,59,61H. The fourth-order valence-corrected chi connectivity index (χ4v) is 6.75. The largest absolute Gasteiger partial charge is 0.460 e. The first-order valence-electron chi connectivity index (χ1n) is 17.3. The fraction of sp³-hybridized carbons (Fsp3) is 0.200. The molecule has 0 spiro atoms. The first-order valence-corrected chi connectivity index (χ1v) is 17.3. The lowest BCUT2D eigenvalue weighted by atomic mass is 9.94. The summed E-state index contributed by atoms with van der Waals surface area (Å²) in [6.07, 6.45) is -12.0. The summed E-state index contributed by atoms with van der Waals surface area (Å²) in [5.74, 6) is -42.1. The van der Waals surface area contributed by atoms with Crippen molar-refractivity contribution in [3.8, 4) is 22.3 Å². The molecule has 2 aliphatic heterocycles. The predicted octanol–water partition coefficient (Wildman–Crippen LogP) is 13.8. The van der Waals surface area contributed by atoms with Crippen LogP contribution in [-0.4, -0.2) is 56.0 Å². The Morgan fingerprint density at radius 2 is 0.629 bits per heavy atom. The first kappa shape index (κ1) is 43.9. The van der Waals surface area contributed by atoms with Crippen molar-refractivity contribution in [2.45, 2.75) is 47.9 Å². The number of hydrogen-bond donors (Lipinski definition) is 2. The molecule has 0 radical (unpaired) electrons. The molecule has 22 heteroatoms. The highest BCUT2D eigenvalue weighted by Gasteiger charge is 2.83. The van der Waals surface area contributed by atoms with Crippen LogP contribution in [0.15, 0.2) is 84.9 Å². The average Bonchev–Trinajstić information content (AvgIpc) is 4.02. The number of fused-ring (bicyclic) bond motifs is 8. The maximum absolute atomic E-state index is 16.2. The molecule has 3 aromatic heterocycles. The molecular formula is C40H20F18N4. The summed E-state index contributed by atoms with van der Waals surface area (Å²) in [6, 6.07) is 15.6. The number of H-pyrrole nitrogens is 2. The molecule has 0 atom stereocenters. The van der Waals surface area contributed by atoms with Gasteiger partial charge in [-0.1, -0.05) is 60.7 Å². The molecule has 0 fully saturated rings. The molecule has 0 unspecified atom stereocenters. The van der Waals surface area contributed by atoms with Crippen LogP contribution in [0, 0.1) is 0 Å². The van der Waals surface area contributed by atoms with Crippen molar-refractivity contribution < 1.29 is 79.0 Å². The number of alkyl halides is 18. The number of nitrogens with one attached hydrogen (secondary N) is 2. The van der Waals surface area contributed by atoms with Crippen molar-refractivity contribution in [3.05, 3.63) is 119 Å². The van der Waals surface area contributed by atoms with Crippen LogP contribution in [-0.2, 0) is 11.8 Å². The van der Waals surface area contributed by atoms with Gasteiger partial charge in [-0.25, -0.2) is 9.97 Å². The van der Waals surface area contributed by atoms with Gasteiger partial charge in [0, 0.05) is 22.2 Å². The minimum Gasteiger partial charge on any atom is -0.354 e. The third-order valence-electron chi connectivity index (χ3n) is 9.80. The van der Waals surface area contributed by atoms with Gasteiger partial charge in [0.1, 0.15) is 0 Å². The second-order valence-corrected chi connectivity index (χ2v) is 13.7. The summed E-state index contributed by atoms with van der Waals surface area (Å²) in [7, 11) is 0. The maximum Gasteiger partial charge on any atom is 0.460 e. The van der Waals surface area contributed by atoms with Gasteiger partial charge in [-0.15, -0.1) is 0 Å². The molecule has 0 saturated carbocycles. The Kier molecular flexibility index (Phi) is 10.0. The van der Waals surface area contributed by atoms with E-state index in [1.807, 2.05) is 0 Å². The summed E-state index contributed by atoms with van der Waals surface area (Å²) in [5.41, 5.74) is -13.1. The second-order valence-electron chi connectivity index (χ2n) is 13.7. The average molecular weight is 899 g/mol. The molecule has 0 aliphatic carbocycles. The Hall–Kier alpha value is -6.22. The Bertz CT molecular complexity index is 2640. The van der Waals surface area contributed by atoms with Gasteiger partial charge >= 0.3 is 47.9 Å². The van der Waals surface area contributed by atoms with E-state index in [-0.39, 0.29) is 11.1 Å². The number of halogens is 18. The lowest BCUT2D eigenvalue weighted by Gasteiger charge is -2.34. The minimum atomic E-state index is -7.38. The van der Waals surface area contributed by atoms with Crippen LogP contribution in [0.4, 0.5) is 79.0 Å². The predicted molar refractivity (Wildman–Crippen MR) is 189 cm³/mol. The van der Waals surface area contributed by atoms with Gasteiger partial charge in [-0.05, 0) is 59.7 Å². The molecule has 2 aromatic carbocycles. The highest BCUT2D eigenvalue weighted by Crippen LogP contribution is 2.59. The highest BCUT2D eigenvalue weighted by molar-refractivity contribution is 5.94. The van der Waals surface area contributed by atoms with E-state index in [1.165, 1.54) is 60.7 Å².